The lowest BCUT2D eigenvalue weighted by molar-refractivity contribution is 0.618. The zero-order chi connectivity index (χ0) is 13.0. The molecule has 2 rings (SSSR count). The molecule has 0 saturated carbocycles. The second-order valence-electron chi connectivity index (χ2n) is 4.34. The van der Waals surface area contributed by atoms with Crippen LogP contribution in [0, 0.1) is 5.82 Å². The van der Waals surface area contributed by atoms with Gasteiger partial charge in [-0.05, 0) is 43.0 Å². The zero-order valence-electron chi connectivity index (χ0n) is 10.5. The molecule has 0 fully saturated rings. The third kappa shape index (κ3) is 2.96. The van der Waals surface area contributed by atoms with Crippen molar-refractivity contribution in [1.82, 2.24) is 0 Å². The monoisotopic (exact) mass is 267 g/mol. The van der Waals surface area contributed by atoms with Crippen molar-refractivity contribution in [2.45, 2.75) is 18.9 Å². The first-order chi connectivity index (χ1) is 8.72. The summed E-state index contributed by atoms with van der Waals surface area (Å²) in [6.07, 6.45) is 4.26. The summed E-state index contributed by atoms with van der Waals surface area (Å²) in [5, 5.41) is 0. The van der Waals surface area contributed by atoms with E-state index in [-0.39, 0.29) is 11.9 Å². The highest BCUT2D eigenvalue weighted by molar-refractivity contribution is 7.98. The maximum Gasteiger partial charge on any atom is 0.196 e. The number of rotatable bonds is 5. The van der Waals surface area contributed by atoms with Gasteiger partial charge in [-0.3, -0.25) is 4.99 Å². The van der Waals surface area contributed by atoms with Crippen LogP contribution in [-0.4, -0.2) is 30.6 Å². The largest absolute Gasteiger partial charge is 0.370 e. The van der Waals surface area contributed by atoms with Crippen LogP contribution in [0.1, 0.15) is 12.8 Å². The second kappa shape index (κ2) is 6.09. The Morgan fingerprint density at radius 2 is 2.39 bits per heavy atom. The Kier molecular flexibility index (Phi) is 4.47. The third-order valence-electron chi connectivity index (χ3n) is 3.05. The molecular weight excluding hydrogens is 249 g/mol. The Labute approximate surface area is 111 Å². The lowest BCUT2D eigenvalue weighted by atomic mass is 10.1. The first-order valence-electron chi connectivity index (χ1n) is 6.06. The first kappa shape index (κ1) is 13.2. The number of guanidine groups is 1. The molecule has 1 aliphatic heterocycles. The van der Waals surface area contributed by atoms with Gasteiger partial charge in [-0.1, -0.05) is 6.07 Å². The van der Waals surface area contributed by atoms with Crippen LogP contribution in [0.3, 0.4) is 0 Å². The van der Waals surface area contributed by atoms with Crippen LogP contribution in [-0.2, 0) is 0 Å². The van der Waals surface area contributed by atoms with Gasteiger partial charge < -0.3 is 10.6 Å². The Morgan fingerprint density at radius 3 is 3.11 bits per heavy atom. The molecule has 1 atom stereocenters. The van der Waals surface area contributed by atoms with Gasteiger partial charge in [0.15, 0.2) is 5.96 Å². The molecule has 1 unspecified atom stereocenters. The van der Waals surface area contributed by atoms with Gasteiger partial charge in [0, 0.05) is 5.69 Å². The molecule has 2 N–H and O–H groups in total. The standard InChI is InChI=1S/C13H18FN3S/c1-18-7-3-6-12-9-16-13(15)17(12)11-5-2-4-10(14)8-11/h2,4-5,8,12H,3,6-7,9H2,1H3,(H2,15,16). The number of anilines is 1. The summed E-state index contributed by atoms with van der Waals surface area (Å²) in [6.45, 7) is 0.705. The van der Waals surface area contributed by atoms with Crippen LogP contribution in [0.2, 0.25) is 0 Å². The quantitative estimate of drug-likeness (QED) is 0.833. The number of thioether (sulfide) groups is 1. The van der Waals surface area contributed by atoms with E-state index in [0.717, 1.165) is 24.3 Å². The van der Waals surface area contributed by atoms with Crippen molar-refractivity contribution < 1.29 is 4.39 Å². The van der Waals surface area contributed by atoms with Crippen molar-refractivity contribution in [2.75, 3.05) is 23.5 Å². The fourth-order valence-corrected chi connectivity index (χ4v) is 2.65. The Morgan fingerprint density at radius 1 is 1.56 bits per heavy atom. The molecule has 3 nitrogen and oxygen atoms in total. The summed E-state index contributed by atoms with van der Waals surface area (Å²) < 4.78 is 13.3. The summed E-state index contributed by atoms with van der Waals surface area (Å²) in [5.74, 6) is 1.39. The summed E-state index contributed by atoms with van der Waals surface area (Å²) >= 11 is 1.84. The molecule has 1 aromatic carbocycles. The molecule has 1 heterocycles. The highest BCUT2D eigenvalue weighted by Crippen LogP contribution is 2.24. The molecule has 0 amide bonds. The van der Waals surface area contributed by atoms with Gasteiger partial charge in [0.05, 0.1) is 12.6 Å². The molecule has 0 bridgehead atoms. The maximum absolute atomic E-state index is 13.3. The van der Waals surface area contributed by atoms with Crippen LogP contribution < -0.4 is 10.6 Å². The molecule has 1 aromatic rings. The van der Waals surface area contributed by atoms with Crippen LogP contribution in [0.5, 0.6) is 0 Å². The van der Waals surface area contributed by atoms with Gasteiger partial charge in [-0.15, -0.1) is 0 Å². The predicted molar refractivity (Wildman–Crippen MR) is 76.8 cm³/mol. The lowest BCUT2D eigenvalue weighted by Crippen LogP contribution is -2.40. The van der Waals surface area contributed by atoms with Crippen LogP contribution in [0.25, 0.3) is 0 Å². The van der Waals surface area contributed by atoms with Gasteiger partial charge in [-0.2, -0.15) is 11.8 Å². The number of hydrogen-bond donors (Lipinski definition) is 1. The van der Waals surface area contributed by atoms with Gasteiger partial charge in [0.25, 0.3) is 0 Å². The molecule has 0 radical (unpaired) electrons. The molecule has 0 spiro atoms. The van der Waals surface area contributed by atoms with Crippen molar-refractivity contribution in [1.29, 1.82) is 0 Å². The van der Waals surface area contributed by atoms with Gasteiger partial charge >= 0.3 is 0 Å². The Balaban J connectivity index is 2.10. The van der Waals surface area contributed by atoms with Crippen molar-refractivity contribution in [2.24, 2.45) is 10.7 Å². The number of hydrogen-bond acceptors (Lipinski definition) is 4. The van der Waals surface area contributed by atoms with Gasteiger partial charge in [-0.25, -0.2) is 4.39 Å². The molecule has 0 saturated heterocycles. The number of halogens is 1. The normalized spacial score (nSPS) is 19.1. The van der Waals surface area contributed by atoms with Crippen molar-refractivity contribution in [3.05, 3.63) is 30.1 Å². The van der Waals surface area contributed by atoms with Crippen molar-refractivity contribution in [3.8, 4) is 0 Å². The Hall–Kier alpha value is -1.23. The van der Waals surface area contributed by atoms with E-state index < -0.39 is 0 Å². The van der Waals surface area contributed by atoms with E-state index in [1.807, 2.05) is 22.7 Å². The molecule has 0 aromatic heterocycles. The van der Waals surface area contributed by atoms with E-state index in [1.54, 1.807) is 6.07 Å². The minimum Gasteiger partial charge on any atom is -0.370 e. The van der Waals surface area contributed by atoms with E-state index in [0.29, 0.717) is 12.5 Å². The highest BCUT2D eigenvalue weighted by atomic mass is 32.2. The molecule has 1 aliphatic rings. The fraction of sp³-hybridized carbons (Fsp3) is 0.462. The van der Waals surface area contributed by atoms with Gasteiger partial charge in [0.1, 0.15) is 5.82 Å². The van der Waals surface area contributed by atoms with E-state index in [1.165, 1.54) is 12.1 Å². The fourth-order valence-electron chi connectivity index (χ4n) is 2.20. The zero-order valence-corrected chi connectivity index (χ0v) is 11.3. The minimum absolute atomic E-state index is 0.241. The summed E-state index contributed by atoms with van der Waals surface area (Å²) in [7, 11) is 0. The lowest BCUT2D eigenvalue weighted by Gasteiger charge is -2.26. The summed E-state index contributed by atoms with van der Waals surface area (Å²) in [4.78, 5) is 6.22. The molecule has 5 heteroatoms. The maximum atomic E-state index is 13.3. The molecule has 98 valence electrons. The smallest absolute Gasteiger partial charge is 0.196 e. The Bertz CT molecular complexity index is 436. The SMILES string of the molecule is CSCCCC1CN=C(N)N1c1cccc(F)c1. The van der Waals surface area contributed by atoms with Crippen LogP contribution in [0.4, 0.5) is 10.1 Å². The van der Waals surface area contributed by atoms with Crippen molar-refractivity contribution in [3.63, 3.8) is 0 Å². The number of nitrogens with zero attached hydrogens (tertiary/aromatic N) is 2. The minimum atomic E-state index is -0.241. The van der Waals surface area contributed by atoms with Crippen LogP contribution >= 0.6 is 11.8 Å². The molecular formula is C13H18FN3S. The topological polar surface area (TPSA) is 41.6 Å². The van der Waals surface area contributed by atoms with Crippen LogP contribution in [0.15, 0.2) is 29.3 Å². The third-order valence-corrected chi connectivity index (χ3v) is 3.75. The summed E-state index contributed by atoms with van der Waals surface area (Å²) in [5.41, 5.74) is 6.70. The average Bonchev–Trinajstić information content (AvgIpc) is 2.71. The van der Waals surface area contributed by atoms with Gasteiger partial charge in [0.2, 0.25) is 0 Å². The number of aliphatic imine (C=N–C) groups is 1. The van der Waals surface area contributed by atoms with Crippen molar-refractivity contribution >= 4 is 23.4 Å². The number of benzene rings is 1. The highest BCUT2D eigenvalue weighted by Gasteiger charge is 2.26. The summed E-state index contributed by atoms with van der Waals surface area (Å²) in [6, 6.07) is 6.79. The average molecular weight is 267 g/mol. The molecule has 0 aliphatic carbocycles. The first-order valence-corrected chi connectivity index (χ1v) is 7.45. The van der Waals surface area contributed by atoms with E-state index in [4.69, 9.17) is 5.73 Å². The van der Waals surface area contributed by atoms with E-state index in [2.05, 4.69) is 11.2 Å². The second-order valence-corrected chi connectivity index (χ2v) is 5.32. The molecule has 18 heavy (non-hydrogen) atoms. The predicted octanol–water partition coefficient (Wildman–Crippen LogP) is 2.47. The van der Waals surface area contributed by atoms with E-state index >= 15 is 0 Å². The van der Waals surface area contributed by atoms with E-state index in [9.17, 15) is 4.39 Å². The number of nitrogens with two attached hydrogens (primary N) is 1.